The second-order valence-electron chi connectivity index (χ2n) is 3.55. The third-order valence-corrected chi connectivity index (χ3v) is 2.32. The summed E-state index contributed by atoms with van der Waals surface area (Å²) in [4.78, 5) is 0. The van der Waals surface area contributed by atoms with Crippen LogP contribution in [0, 0.1) is 0 Å². The van der Waals surface area contributed by atoms with Crippen LogP contribution in [0.2, 0.25) is 0 Å². The zero-order chi connectivity index (χ0) is 10.2. The van der Waals surface area contributed by atoms with Crippen LogP contribution in [-0.2, 0) is 6.42 Å². The van der Waals surface area contributed by atoms with Gasteiger partial charge in [0.25, 0.3) is 0 Å². The van der Waals surface area contributed by atoms with Crippen LogP contribution in [0.4, 0.5) is 0 Å². The number of rotatable bonds is 5. The number of benzene rings is 1. The lowest BCUT2D eigenvalue weighted by atomic mass is 10.1. The van der Waals surface area contributed by atoms with Gasteiger partial charge >= 0.3 is 0 Å². The summed E-state index contributed by atoms with van der Waals surface area (Å²) in [5.41, 5.74) is 5.39. The first-order chi connectivity index (χ1) is 6.86. The lowest BCUT2D eigenvalue weighted by Crippen LogP contribution is -1.84. The fourth-order valence-electron chi connectivity index (χ4n) is 1.48. The molecule has 74 valence electrons. The van der Waals surface area contributed by atoms with Crippen LogP contribution in [0.5, 0.6) is 0 Å². The van der Waals surface area contributed by atoms with Gasteiger partial charge in [0.1, 0.15) is 0 Å². The van der Waals surface area contributed by atoms with Gasteiger partial charge in [-0.3, -0.25) is 0 Å². The van der Waals surface area contributed by atoms with Crippen LogP contribution in [-0.4, -0.2) is 0 Å². The molecule has 0 fully saturated rings. The van der Waals surface area contributed by atoms with E-state index in [-0.39, 0.29) is 0 Å². The summed E-state index contributed by atoms with van der Waals surface area (Å²) in [6.07, 6.45) is 7.01. The lowest BCUT2D eigenvalue weighted by Gasteiger charge is -2.00. The third-order valence-electron chi connectivity index (χ3n) is 2.32. The Hall–Kier alpha value is -1.26. The van der Waals surface area contributed by atoms with Crippen molar-refractivity contribution in [3.05, 3.63) is 47.7 Å². The number of hydrogen-bond donors (Lipinski definition) is 0. The molecule has 0 saturated carbocycles. The molecule has 0 aliphatic carbocycles. The van der Waals surface area contributed by atoms with Crippen molar-refractivity contribution in [1.82, 2.24) is 0 Å². The van der Waals surface area contributed by atoms with Gasteiger partial charge in [-0.25, -0.2) is 0 Å². The maximum atomic E-state index is 3.56. The van der Waals surface area contributed by atoms with Crippen LogP contribution in [0.1, 0.15) is 37.3 Å². The smallest absolute Gasteiger partial charge is 0.0133 e. The molecular weight excluding hydrogens is 168 g/mol. The Morgan fingerprint density at radius 3 is 2.50 bits per heavy atom. The first-order valence-electron chi connectivity index (χ1n) is 5.31. The molecule has 0 heterocycles. The molecule has 14 heavy (non-hydrogen) atoms. The molecule has 0 radical (unpaired) electrons. The third kappa shape index (κ3) is 3.64. The highest BCUT2D eigenvalue weighted by atomic mass is 14.0. The normalized spacial score (nSPS) is 9.50. The molecule has 0 saturated heterocycles. The second kappa shape index (κ2) is 6.23. The summed E-state index contributed by atoms with van der Waals surface area (Å²) in [6, 6.07) is 8.64. The molecule has 1 rings (SSSR count). The van der Waals surface area contributed by atoms with Crippen LogP contribution >= 0.6 is 0 Å². The number of unbranched alkanes of at least 4 members (excludes halogenated alkanes) is 2. The largest absolute Gasteiger partial charge is 0.128 e. The van der Waals surface area contributed by atoms with Crippen molar-refractivity contribution in [1.29, 1.82) is 0 Å². The minimum absolute atomic E-state index is 1.18. The molecule has 0 nitrogen and oxygen atoms in total. The average Bonchev–Trinajstić information content (AvgIpc) is 2.21. The molecule has 0 N–H and O–H groups in total. The summed E-state index contributed by atoms with van der Waals surface area (Å²) in [5.74, 6) is 0. The van der Waals surface area contributed by atoms with Crippen molar-refractivity contribution in [2.24, 2.45) is 0 Å². The predicted molar refractivity (Wildman–Crippen MR) is 63.3 cm³/mol. The van der Waals surface area contributed by atoms with E-state index >= 15 is 0 Å². The van der Waals surface area contributed by atoms with E-state index in [2.05, 4.69) is 43.5 Å². The fraction of sp³-hybridized carbons (Fsp3) is 0.357. The van der Waals surface area contributed by atoms with Gasteiger partial charge in [-0.15, -0.1) is 5.73 Å². The van der Waals surface area contributed by atoms with Crippen molar-refractivity contribution in [2.75, 3.05) is 0 Å². The van der Waals surface area contributed by atoms with E-state index in [1.54, 1.807) is 0 Å². The van der Waals surface area contributed by atoms with E-state index in [1.165, 1.54) is 36.8 Å². The molecule has 1 aromatic rings. The van der Waals surface area contributed by atoms with Gasteiger partial charge in [-0.05, 0) is 30.0 Å². The summed E-state index contributed by atoms with van der Waals surface area (Å²) in [7, 11) is 0. The number of aryl methyl sites for hydroxylation is 1. The van der Waals surface area contributed by atoms with Crippen molar-refractivity contribution >= 4 is 6.08 Å². The zero-order valence-electron chi connectivity index (χ0n) is 8.92. The monoisotopic (exact) mass is 186 g/mol. The van der Waals surface area contributed by atoms with Crippen molar-refractivity contribution in [3.8, 4) is 0 Å². The molecule has 0 unspecified atom stereocenters. The summed E-state index contributed by atoms with van der Waals surface area (Å²) < 4.78 is 0. The van der Waals surface area contributed by atoms with E-state index in [4.69, 9.17) is 0 Å². The van der Waals surface area contributed by atoms with Crippen molar-refractivity contribution in [3.63, 3.8) is 0 Å². The van der Waals surface area contributed by atoms with Crippen molar-refractivity contribution in [2.45, 2.75) is 32.6 Å². The molecule has 0 aliphatic heterocycles. The minimum atomic E-state index is 1.18. The first-order valence-corrected chi connectivity index (χ1v) is 5.31. The Balaban J connectivity index is 2.50. The lowest BCUT2D eigenvalue weighted by molar-refractivity contribution is 0.717. The van der Waals surface area contributed by atoms with Gasteiger partial charge in [0.05, 0.1) is 0 Å². The van der Waals surface area contributed by atoms with Crippen LogP contribution in [0.15, 0.2) is 36.6 Å². The molecule has 0 atom stereocenters. The van der Waals surface area contributed by atoms with E-state index < -0.39 is 0 Å². The van der Waals surface area contributed by atoms with Crippen molar-refractivity contribution < 1.29 is 0 Å². The van der Waals surface area contributed by atoms with Gasteiger partial charge < -0.3 is 0 Å². The maximum Gasteiger partial charge on any atom is -0.0133 e. The summed E-state index contributed by atoms with van der Waals surface area (Å²) in [6.45, 7) is 5.79. The Bertz CT molecular complexity index is 299. The predicted octanol–water partition coefficient (Wildman–Crippen LogP) is 4.22. The Labute approximate surface area is 87.0 Å². The van der Waals surface area contributed by atoms with E-state index in [0.717, 1.165) is 0 Å². The van der Waals surface area contributed by atoms with Gasteiger partial charge in [-0.2, -0.15) is 0 Å². The number of hydrogen-bond acceptors (Lipinski definition) is 0. The highest BCUT2D eigenvalue weighted by Gasteiger charge is 1.92. The molecule has 0 bridgehead atoms. The molecule has 1 aromatic carbocycles. The molecule has 0 aromatic heterocycles. The van der Waals surface area contributed by atoms with E-state index in [0.29, 0.717) is 0 Å². The Kier molecular flexibility index (Phi) is 4.82. The topological polar surface area (TPSA) is 0 Å². The zero-order valence-corrected chi connectivity index (χ0v) is 8.92. The molecule has 0 aliphatic rings. The molecule has 0 amide bonds. The highest BCUT2D eigenvalue weighted by Crippen LogP contribution is 2.09. The van der Waals surface area contributed by atoms with Gasteiger partial charge in [-0.1, -0.05) is 50.6 Å². The molecule has 0 spiro atoms. The second-order valence-corrected chi connectivity index (χ2v) is 3.55. The average molecular weight is 186 g/mol. The van der Waals surface area contributed by atoms with E-state index in [9.17, 15) is 0 Å². The van der Waals surface area contributed by atoms with Crippen LogP contribution in [0.25, 0.3) is 6.08 Å². The first kappa shape index (κ1) is 10.8. The van der Waals surface area contributed by atoms with E-state index in [1.807, 2.05) is 6.08 Å². The Morgan fingerprint density at radius 1 is 1.21 bits per heavy atom. The van der Waals surface area contributed by atoms with Gasteiger partial charge in [0.2, 0.25) is 0 Å². The molecular formula is C14H18. The van der Waals surface area contributed by atoms with Gasteiger partial charge in [0.15, 0.2) is 0 Å². The standard InChI is InChI=1S/C14H18/c1-3-5-6-8-14-11-9-13(7-4-2)10-12-14/h7,9-12H,2-3,5-6,8H2,1H3. The Morgan fingerprint density at radius 2 is 1.93 bits per heavy atom. The SMILES string of the molecule is C=C=Cc1ccc(CCCCC)cc1. The van der Waals surface area contributed by atoms with Crippen LogP contribution < -0.4 is 0 Å². The summed E-state index contributed by atoms with van der Waals surface area (Å²) in [5, 5.41) is 0. The maximum absolute atomic E-state index is 3.56. The summed E-state index contributed by atoms with van der Waals surface area (Å²) >= 11 is 0. The van der Waals surface area contributed by atoms with Crippen LogP contribution in [0.3, 0.4) is 0 Å². The fourth-order valence-corrected chi connectivity index (χ4v) is 1.48. The molecule has 0 heteroatoms. The quantitative estimate of drug-likeness (QED) is 0.477. The van der Waals surface area contributed by atoms with Gasteiger partial charge in [0, 0.05) is 0 Å². The minimum Gasteiger partial charge on any atom is -0.128 e. The highest BCUT2D eigenvalue weighted by molar-refractivity contribution is 5.48.